The smallest absolute Gasteiger partial charge is 0.250 e. The molecule has 5 nitrogen and oxygen atoms in total. The normalized spacial score (nSPS) is 22.3. The van der Waals surface area contributed by atoms with Gasteiger partial charge in [0.1, 0.15) is 12.4 Å². The van der Waals surface area contributed by atoms with Crippen molar-refractivity contribution in [3.05, 3.63) is 24.3 Å². The lowest BCUT2D eigenvalue weighted by molar-refractivity contribution is -0.128. The zero-order valence-corrected chi connectivity index (χ0v) is 12.1. The number of nitrogens with one attached hydrogen (secondary N) is 2. The number of benzene rings is 1. The zero-order chi connectivity index (χ0) is 14.4. The van der Waals surface area contributed by atoms with Crippen LogP contribution >= 0.6 is 0 Å². The lowest BCUT2D eigenvalue weighted by Crippen LogP contribution is -2.46. The van der Waals surface area contributed by atoms with Crippen LogP contribution in [-0.4, -0.2) is 38.3 Å². The number of anilines is 1. The van der Waals surface area contributed by atoms with E-state index < -0.39 is 0 Å². The van der Waals surface area contributed by atoms with Crippen LogP contribution in [0.25, 0.3) is 0 Å². The minimum absolute atomic E-state index is 0.0649. The third-order valence-corrected chi connectivity index (χ3v) is 3.46. The Balaban J connectivity index is 1.82. The molecule has 1 aliphatic rings. The maximum atomic E-state index is 11.9. The highest BCUT2D eigenvalue weighted by Crippen LogP contribution is 2.20. The highest BCUT2D eigenvalue weighted by Gasteiger charge is 2.28. The lowest BCUT2D eigenvalue weighted by atomic mass is 9.96. The first-order valence-electron chi connectivity index (χ1n) is 6.90. The number of methoxy groups -OCH3 is 1. The maximum absolute atomic E-state index is 11.9. The van der Waals surface area contributed by atoms with Crippen LogP contribution in [0.4, 0.5) is 5.69 Å². The molecule has 20 heavy (non-hydrogen) atoms. The molecular weight excluding hydrogens is 256 g/mol. The van der Waals surface area contributed by atoms with Gasteiger partial charge >= 0.3 is 0 Å². The fourth-order valence-electron chi connectivity index (χ4n) is 2.29. The van der Waals surface area contributed by atoms with Crippen molar-refractivity contribution in [3.63, 3.8) is 0 Å². The van der Waals surface area contributed by atoms with Gasteiger partial charge in [-0.15, -0.1) is 0 Å². The summed E-state index contributed by atoms with van der Waals surface area (Å²) in [6, 6.07) is 7.27. The van der Waals surface area contributed by atoms with Gasteiger partial charge in [-0.05, 0) is 38.4 Å². The van der Waals surface area contributed by atoms with Crippen LogP contribution in [0.3, 0.4) is 0 Å². The largest absolute Gasteiger partial charge is 0.497 e. The summed E-state index contributed by atoms with van der Waals surface area (Å²) < 4.78 is 10.9. The van der Waals surface area contributed by atoms with Crippen molar-refractivity contribution in [2.24, 2.45) is 0 Å². The minimum atomic E-state index is -0.246. The second-order valence-electron chi connectivity index (χ2n) is 5.30. The van der Waals surface area contributed by atoms with Crippen molar-refractivity contribution >= 4 is 11.6 Å². The molecule has 1 aromatic carbocycles. The monoisotopic (exact) mass is 278 g/mol. The van der Waals surface area contributed by atoms with Gasteiger partial charge in [0.15, 0.2) is 0 Å². The fourth-order valence-corrected chi connectivity index (χ4v) is 2.29. The molecule has 0 aromatic heterocycles. The Morgan fingerprint density at radius 1 is 1.50 bits per heavy atom. The van der Waals surface area contributed by atoms with Gasteiger partial charge in [-0.2, -0.15) is 0 Å². The van der Waals surface area contributed by atoms with Gasteiger partial charge in [0.05, 0.1) is 12.7 Å². The molecule has 2 rings (SSSR count). The van der Waals surface area contributed by atoms with Crippen LogP contribution in [0.1, 0.15) is 19.8 Å². The Morgan fingerprint density at radius 2 is 2.35 bits per heavy atom. The van der Waals surface area contributed by atoms with Crippen LogP contribution in [-0.2, 0) is 9.53 Å². The summed E-state index contributed by atoms with van der Waals surface area (Å²) in [5.74, 6) is 0.567. The van der Waals surface area contributed by atoms with E-state index in [9.17, 15) is 4.79 Å². The molecule has 1 saturated heterocycles. The van der Waals surface area contributed by atoms with Gasteiger partial charge < -0.3 is 20.1 Å². The second-order valence-corrected chi connectivity index (χ2v) is 5.30. The first-order chi connectivity index (χ1) is 9.61. The Kier molecular flexibility index (Phi) is 4.98. The molecule has 0 aliphatic carbocycles. The van der Waals surface area contributed by atoms with E-state index in [1.165, 1.54) is 0 Å². The summed E-state index contributed by atoms with van der Waals surface area (Å²) in [5, 5.41) is 6.10. The third kappa shape index (κ3) is 4.21. The van der Waals surface area contributed by atoms with E-state index in [0.29, 0.717) is 11.4 Å². The number of rotatable bonds is 5. The lowest BCUT2D eigenvalue weighted by Gasteiger charge is -2.33. The summed E-state index contributed by atoms with van der Waals surface area (Å²) in [7, 11) is 1.60. The minimum Gasteiger partial charge on any atom is -0.497 e. The number of carbonyl (C=O) groups excluding carboxylic acids is 1. The molecule has 2 N–H and O–H groups in total. The molecule has 1 aliphatic heterocycles. The van der Waals surface area contributed by atoms with Crippen LogP contribution in [0.15, 0.2) is 24.3 Å². The van der Waals surface area contributed by atoms with Crippen LogP contribution in [0.5, 0.6) is 5.75 Å². The summed E-state index contributed by atoms with van der Waals surface area (Å²) in [6.45, 7) is 3.92. The fraction of sp³-hybridized carbons (Fsp3) is 0.533. The highest BCUT2D eigenvalue weighted by atomic mass is 16.5. The summed E-state index contributed by atoms with van der Waals surface area (Å²) >= 11 is 0. The molecule has 1 aromatic rings. The van der Waals surface area contributed by atoms with Crippen molar-refractivity contribution in [3.8, 4) is 5.75 Å². The third-order valence-electron chi connectivity index (χ3n) is 3.46. The van der Waals surface area contributed by atoms with E-state index >= 15 is 0 Å². The molecule has 0 bridgehead atoms. The molecule has 0 radical (unpaired) electrons. The molecule has 0 saturated carbocycles. The summed E-state index contributed by atoms with van der Waals surface area (Å²) in [6.07, 6.45) is 2.06. The maximum Gasteiger partial charge on any atom is 0.250 e. The zero-order valence-electron chi connectivity index (χ0n) is 12.1. The molecule has 1 amide bonds. The number of hydrogen-bond acceptors (Lipinski definition) is 4. The predicted octanol–water partition coefficient (Wildman–Crippen LogP) is 1.79. The first kappa shape index (κ1) is 14.8. The Hall–Kier alpha value is -1.59. The van der Waals surface area contributed by atoms with E-state index in [1.807, 2.05) is 25.1 Å². The van der Waals surface area contributed by atoms with Crippen LogP contribution in [0, 0.1) is 0 Å². The Bertz CT molecular complexity index is 456. The van der Waals surface area contributed by atoms with Crippen molar-refractivity contribution in [1.29, 1.82) is 0 Å². The topological polar surface area (TPSA) is 59.6 Å². The van der Waals surface area contributed by atoms with Crippen LogP contribution in [0.2, 0.25) is 0 Å². The average molecular weight is 278 g/mol. The van der Waals surface area contributed by atoms with Crippen molar-refractivity contribution < 1.29 is 14.3 Å². The average Bonchev–Trinajstić information content (AvgIpc) is 2.46. The number of ether oxygens (including phenoxy) is 2. The standard InChI is InChI=1S/C15H22N2O3/c1-15(7-4-8-16-11-15)20-10-14(18)17-12-5-3-6-13(9-12)19-2/h3,5-6,9,16H,4,7-8,10-11H2,1-2H3,(H,17,18). The number of amides is 1. The first-order valence-corrected chi connectivity index (χ1v) is 6.90. The van der Waals surface area contributed by atoms with Crippen molar-refractivity contribution in [1.82, 2.24) is 5.32 Å². The molecule has 110 valence electrons. The molecule has 1 atom stereocenters. The van der Waals surface area contributed by atoms with E-state index in [2.05, 4.69) is 10.6 Å². The number of piperidine rings is 1. The number of hydrogen-bond donors (Lipinski definition) is 2. The molecular formula is C15H22N2O3. The molecule has 1 heterocycles. The Labute approximate surface area is 119 Å². The van der Waals surface area contributed by atoms with Gasteiger partial charge in [-0.25, -0.2) is 0 Å². The SMILES string of the molecule is COc1cccc(NC(=O)COC2(C)CCCNC2)c1. The summed E-state index contributed by atoms with van der Waals surface area (Å²) in [4.78, 5) is 11.9. The van der Waals surface area contributed by atoms with E-state index in [4.69, 9.17) is 9.47 Å². The van der Waals surface area contributed by atoms with Crippen molar-refractivity contribution in [2.45, 2.75) is 25.4 Å². The van der Waals surface area contributed by atoms with E-state index in [1.54, 1.807) is 13.2 Å². The van der Waals surface area contributed by atoms with Gasteiger partial charge in [0, 0.05) is 18.3 Å². The molecule has 5 heteroatoms. The van der Waals surface area contributed by atoms with E-state index in [-0.39, 0.29) is 18.1 Å². The van der Waals surface area contributed by atoms with Gasteiger partial charge in [0.2, 0.25) is 5.91 Å². The predicted molar refractivity (Wildman–Crippen MR) is 78.1 cm³/mol. The van der Waals surface area contributed by atoms with Gasteiger partial charge in [-0.3, -0.25) is 4.79 Å². The van der Waals surface area contributed by atoms with Gasteiger partial charge in [-0.1, -0.05) is 6.07 Å². The number of carbonyl (C=O) groups is 1. The highest BCUT2D eigenvalue weighted by molar-refractivity contribution is 5.91. The van der Waals surface area contributed by atoms with Gasteiger partial charge in [0.25, 0.3) is 0 Å². The van der Waals surface area contributed by atoms with E-state index in [0.717, 1.165) is 25.9 Å². The van der Waals surface area contributed by atoms with Crippen LogP contribution < -0.4 is 15.4 Å². The quantitative estimate of drug-likeness (QED) is 0.862. The molecule has 1 fully saturated rings. The Morgan fingerprint density at radius 3 is 3.05 bits per heavy atom. The van der Waals surface area contributed by atoms with Crippen molar-refractivity contribution in [2.75, 3.05) is 32.1 Å². The second kappa shape index (κ2) is 6.72. The summed E-state index contributed by atoms with van der Waals surface area (Å²) in [5.41, 5.74) is 0.467. The molecule has 1 unspecified atom stereocenters. The molecule has 0 spiro atoms.